The van der Waals surface area contributed by atoms with E-state index in [0.717, 1.165) is 49.1 Å². The summed E-state index contributed by atoms with van der Waals surface area (Å²) in [6.07, 6.45) is 1.78. The molecule has 0 bridgehead atoms. The fraction of sp³-hybridized carbons (Fsp3) is 0.444. The lowest BCUT2D eigenvalue weighted by Crippen LogP contribution is -2.47. The molecule has 0 aliphatic carbocycles. The lowest BCUT2D eigenvalue weighted by Gasteiger charge is -2.36. The highest BCUT2D eigenvalue weighted by atomic mass is 35.5. The molecule has 0 spiro atoms. The van der Waals surface area contributed by atoms with Crippen molar-refractivity contribution in [3.8, 4) is 6.07 Å². The second-order valence-electron chi connectivity index (χ2n) is 6.53. The van der Waals surface area contributed by atoms with Gasteiger partial charge in [-0.1, -0.05) is 11.6 Å². The molecule has 3 rings (SSSR count). The molecule has 3 heterocycles. The molecule has 0 unspecified atom stereocenters. The lowest BCUT2D eigenvalue weighted by molar-refractivity contribution is 0.639. The quantitative estimate of drug-likeness (QED) is 0.820. The third-order valence-electron chi connectivity index (χ3n) is 4.56. The van der Waals surface area contributed by atoms with Crippen LogP contribution in [0.1, 0.15) is 16.8 Å². The molecule has 0 aromatic carbocycles. The Morgan fingerprint density at radius 3 is 2.38 bits per heavy atom. The van der Waals surface area contributed by atoms with Gasteiger partial charge >= 0.3 is 0 Å². The maximum atomic E-state index is 9.55. The summed E-state index contributed by atoms with van der Waals surface area (Å²) in [6, 6.07) is 4.19. The van der Waals surface area contributed by atoms with Crippen LogP contribution in [-0.4, -0.2) is 55.2 Å². The van der Waals surface area contributed by atoms with Crippen LogP contribution in [0.25, 0.3) is 0 Å². The van der Waals surface area contributed by atoms with Gasteiger partial charge in [0.05, 0.1) is 16.3 Å². The molecule has 1 aliphatic heterocycles. The SMILES string of the molecule is Cc1nc(N2CCN(c3ccnc(N(C)C)n3)CC2)c(C#N)c(C)c1Cl. The van der Waals surface area contributed by atoms with E-state index in [0.29, 0.717) is 16.5 Å². The van der Waals surface area contributed by atoms with Crippen molar-refractivity contribution in [2.45, 2.75) is 13.8 Å². The number of aryl methyl sites for hydroxylation is 1. The third kappa shape index (κ3) is 3.37. The van der Waals surface area contributed by atoms with Crippen LogP contribution in [0.15, 0.2) is 12.3 Å². The zero-order valence-corrected chi connectivity index (χ0v) is 16.2. The Morgan fingerprint density at radius 1 is 1.12 bits per heavy atom. The van der Waals surface area contributed by atoms with Crippen LogP contribution >= 0.6 is 11.6 Å². The monoisotopic (exact) mass is 371 g/mol. The minimum absolute atomic E-state index is 0.561. The number of hydrogen-bond acceptors (Lipinski definition) is 7. The number of rotatable bonds is 3. The largest absolute Gasteiger partial charge is 0.353 e. The van der Waals surface area contributed by atoms with Crippen LogP contribution < -0.4 is 14.7 Å². The van der Waals surface area contributed by atoms with Gasteiger partial charge in [0.25, 0.3) is 0 Å². The zero-order valence-electron chi connectivity index (χ0n) is 15.5. The maximum Gasteiger partial charge on any atom is 0.226 e. The van der Waals surface area contributed by atoms with Crippen molar-refractivity contribution in [1.82, 2.24) is 15.0 Å². The van der Waals surface area contributed by atoms with E-state index < -0.39 is 0 Å². The van der Waals surface area contributed by atoms with Gasteiger partial charge in [-0.05, 0) is 25.5 Å². The van der Waals surface area contributed by atoms with Crippen molar-refractivity contribution >= 4 is 29.2 Å². The standard InChI is InChI=1S/C18H22ClN7/c1-12-14(11-20)17(22-13(2)16(12)19)26-9-7-25(8-10-26)15-5-6-21-18(23-15)24(3)4/h5-6H,7-10H2,1-4H3. The smallest absolute Gasteiger partial charge is 0.226 e. The van der Waals surface area contributed by atoms with E-state index in [9.17, 15) is 5.26 Å². The van der Waals surface area contributed by atoms with Gasteiger partial charge in [0.1, 0.15) is 17.7 Å². The molecule has 1 aliphatic rings. The minimum atomic E-state index is 0.561. The molecule has 0 N–H and O–H groups in total. The van der Waals surface area contributed by atoms with Crippen LogP contribution in [0.4, 0.5) is 17.6 Å². The Kier molecular flexibility index (Phi) is 5.14. The van der Waals surface area contributed by atoms with Crippen molar-refractivity contribution in [2.75, 3.05) is 55.0 Å². The molecule has 1 saturated heterocycles. The second kappa shape index (κ2) is 7.34. The molecular formula is C18H22ClN7. The Balaban J connectivity index is 1.79. The Labute approximate surface area is 158 Å². The van der Waals surface area contributed by atoms with Crippen molar-refractivity contribution in [3.05, 3.63) is 34.1 Å². The minimum Gasteiger partial charge on any atom is -0.353 e. The van der Waals surface area contributed by atoms with Gasteiger partial charge in [-0.2, -0.15) is 10.2 Å². The van der Waals surface area contributed by atoms with Gasteiger partial charge in [0.15, 0.2) is 0 Å². The van der Waals surface area contributed by atoms with Crippen LogP contribution in [0.2, 0.25) is 5.02 Å². The predicted molar refractivity (Wildman–Crippen MR) is 104 cm³/mol. The van der Waals surface area contributed by atoms with Gasteiger partial charge in [-0.15, -0.1) is 0 Å². The zero-order chi connectivity index (χ0) is 18.8. The van der Waals surface area contributed by atoms with E-state index in [1.54, 1.807) is 6.20 Å². The number of hydrogen-bond donors (Lipinski definition) is 0. The van der Waals surface area contributed by atoms with E-state index in [-0.39, 0.29) is 0 Å². The number of piperazine rings is 1. The molecule has 26 heavy (non-hydrogen) atoms. The molecule has 2 aromatic heterocycles. The average molecular weight is 372 g/mol. The number of nitrogens with zero attached hydrogens (tertiary/aromatic N) is 7. The van der Waals surface area contributed by atoms with E-state index in [1.807, 2.05) is 38.9 Å². The Morgan fingerprint density at radius 2 is 1.77 bits per heavy atom. The van der Waals surface area contributed by atoms with Crippen molar-refractivity contribution in [1.29, 1.82) is 5.26 Å². The van der Waals surface area contributed by atoms with E-state index in [2.05, 4.69) is 30.8 Å². The van der Waals surface area contributed by atoms with Gasteiger partial charge in [-0.25, -0.2) is 9.97 Å². The summed E-state index contributed by atoms with van der Waals surface area (Å²) in [4.78, 5) is 19.7. The average Bonchev–Trinajstić information content (AvgIpc) is 2.66. The van der Waals surface area contributed by atoms with Gasteiger partial charge in [0.2, 0.25) is 5.95 Å². The summed E-state index contributed by atoms with van der Waals surface area (Å²) in [5, 5.41) is 10.1. The number of anilines is 3. The molecular weight excluding hydrogens is 350 g/mol. The van der Waals surface area contributed by atoms with Crippen molar-refractivity contribution < 1.29 is 0 Å². The number of pyridine rings is 1. The first-order chi connectivity index (χ1) is 12.4. The molecule has 136 valence electrons. The summed E-state index contributed by atoms with van der Waals surface area (Å²) in [6.45, 7) is 6.89. The molecule has 8 heteroatoms. The highest BCUT2D eigenvalue weighted by Crippen LogP contribution is 2.29. The Bertz CT molecular complexity index is 851. The first-order valence-corrected chi connectivity index (χ1v) is 8.87. The van der Waals surface area contributed by atoms with Gasteiger partial charge in [-0.3, -0.25) is 0 Å². The van der Waals surface area contributed by atoms with Crippen molar-refractivity contribution in [3.63, 3.8) is 0 Å². The summed E-state index contributed by atoms with van der Waals surface area (Å²) in [5.41, 5.74) is 2.11. The summed E-state index contributed by atoms with van der Waals surface area (Å²) in [7, 11) is 3.86. The summed E-state index contributed by atoms with van der Waals surface area (Å²) >= 11 is 6.26. The molecule has 0 atom stereocenters. The lowest BCUT2D eigenvalue weighted by atomic mass is 10.1. The van der Waals surface area contributed by atoms with Crippen LogP contribution in [0.3, 0.4) is 0 Å². The number of halogens is 1. The molecule has 0 amide bonds. The predicted octanol–water partition coefficient (Wildman–Crippen LogP) is 2.41. The molecule has 0 saturated carbocycles. The fourth-order valence-corrected chi connectivity index (χ4v) is 3.19. The Hall–Kier alpha value is -2.59. The summed E-state index contributed by atoms with van der Waals surface area (Å²) in [5.74, 6) is 2.34. The second-order valence-corrected chi connectivity index (χ2v) is 6.91. The normalized spacial score (nSPS) is 14.3. The van der Waals surface area contributed by atoms with Crippen LogP contribution in [-0.2, 0) is 0 Å². The van der Waals surface area contributed by atoms with E-state index in [4.69, 9.17) is 11.6 Å². The maximum absolute atomic E-state index is 9.55. The number of aromatic nitrogens is 3. The molecule has 2 aromatic rings. The van der Waals surface area contributed by atoms with E-state index in [1.165, 1.54) is 0 Å². The van der Waals surface area contributed by atoms with Crippen LogP contribution in [0, 0.1) is 25.2 Å². The highest BCUT2D eigenvalue weighted by Gasteiger charge is 2.24. The van der Waals surface area contributed by atoms with Crippen molar-refractivity contribution in [2.24, 2.45) is 0 Å². The molecule has 7 nitrogen and oxygen atoms in total. The first-order valence-electron chi connectivity index (χ1n) is 8.49. The molecule has 0 radical (unpaired) electrons. The third-order valence-corrected chi connectivity index (χ3v) is 5.12. The van der Waals surface area contributed by atoms with Gasteiger partial charge < -0.3 is 14.7 Å². The topological polar surface area (TPSA) is 72.2 Å². The number of nitriles is 1. The van der Waals surface area contributed by atoms with Gasteiger partial charge in [0, 0.05) is 46.5 Å². The van der Waals surface area contributed by atoms with Crippen LogP contribution in [0.5, 0.6) is 0 Å². The van der Waals surface area contributed by atoms with E-state index >= 15 is 0 Å². The summed E-state index contributed by atoms with van der Waals surface area (Å²) < 4.78 is 0. The highest BCUT2D eigenvalue weighted by molar-refractivity contribution is 6.32. The first kappa shape index (κ1) is 18.2. The fourth-order valence-electron chi connectivity index (χ4n) is 3.05. The molecule has 1 fully saturated rings.